The smallest absolute Gasteiger partial charge is 0.273 e. The number of aromatic nitrogens is 2. The summed E-state index contributed by atoms with van der Waals surface area (Å²) in [6.45, 7) is 4.46. The molecule has 0 aliphatic heterocycles. The molecule has 0 fully saturated rings. The maximum absolute atomic E-state index is 11.7. The monoisotopic (exact) mass is 276 g/mol. The van der Waals surface area contributed by atoms with Crippen molar-refractivity contribution in [3.63, 3.8) is 0 Å². The van der Waals surface area contributed by atoms with Gasteiger partial charge >= 0.3 is 0 Å². The molecule has 4 N–H and O–H groups in total. The van der Waals surface area contributed by atoms with E-state index in [4.69, 9.17) is 9.88 Å². The molecule has 8 nitrogen and oxygen atoms in total. The van der Waals surface area contributed by atoms with Crippen LogP contribution in [0.3, 0.4) is 0 Å². The minimum Gasteiger partial charge on any atom is -0.380 e. The summed E-state index contributed by atoms with van der Waals surface area (Å²) >= 11 is 0. The number of nitrogens with two attached hydrogens (primary N) is 1. The van der Waals surface area contributed by atoms with Gasteiger partial charge in [0.1, 0.15) is 4.90 Å². The van der Waals surface area contributed by atoms with Gasteiger partial charge in [0.05, 0.1) is 12.3 Å². The molecule has 0 aliphatic carbocycles. The van der Waals surface area contributed by atoms with Crippen LogP contribution in [0.15, 0.2) is 4.90 Å². The fraction of sp³-hybridized carbons (Fsp3) is 0.556. The first-order chi connectivity index (χ1) is 8.38. The Balaban J connectivity index is 2.81. The molecule has 9 heteroatoms. The number of hydrogen-bond donors (Lipinski definition) is 3. The minimum absolute atomic E-state index is 0.229. The number of nitrogens with one attached hydrogen (secondary N) is 2. The highest BCUT2D eigenvalue weighted by Gasteiger charge is 2.25. The quantitative estimate of drug-likeness (QED) is 0.582. The average molecular weight is 276 g/mol. The maximum Gasteiger partial charge on any atom is 0.273 e. The second kappa shape index (κ2) is 5.94. The van der Waals surface area contributed by atoms with E-state index in [1.807, 2.05) is 6.92 Å². The van der Waals surface area contributed by atoms with Crippen LogP contribution in [-0.4, -0.2) is 44.3 Å². The molecule has 0 unspecified atom stereocenters. The molecular formula is C9H16N4O4S. The summed E-state index contributed by atoms with van der Waals surface area (Å²) in [6, 6.07) is 0. The number of aryl methyl sites for hydroxylation is 1. The fourth-order valence-electron chi connectivity index (χ4n) is 1.39. The molecular weight excluding hydrogens is 260 g/mol. The number of hydrogen-bond acceptors (Lipinski definition) is 5. The molecule has 1 heterocycles. The fourth-order valence-corrected chi connectivity index (χ4v) is 2.27. The van der Waals surface area contributed by atoms with Crippen LogP contribution in [0.2, 0.25) is 0 Å². The van der Waals surface area contributed by atoms with Crippen molar-refractivity contribution in [2.24, 2.45) is 5.14 Å². The lowest BCUT2D eigenvalue weighted by atomic mass is 10.3. The van der Waals surface area contributed by atoms with Crippen LogP contribution in [-0.2, 0) is 14.8 Å². The number of H-pyrrole nitrogens is 1. The predicted molar refractivity (Wildman–Crippen MR) is 63.5 cm³/mol. The van der Waals surface area contributed by atoms with Gasteiger partial charge in [-0.2, -0.15) is 5.10 Å². The number of rotatable bonds is 6. The van der Waals surface area contributed by atoms with Crippen molar-refractivity contribution in [2.75, 3.05) is 19.8 Å². The number of aromatic amines is 1. The van der Waals surface area contributed by atoms with Gasteiger partial charge in [0.2, 0.25) is 10.0 Å². The van der Waals surface area contributed by atoms with Crippen molar-refractivity contribution < 1.29 is 17.9 Å². The van der Waals surface area contributed by atoms with Gasteiger partial charge in [-0.3, -0.25) is 9.89 Å². The second-order valence-corrected chi connectivity index (χ2v) is 5.02. The topological polar surface area (TPSA) is 127 Å². The molecule has 0 bridgehead atoms. The van der Waals surface area contributed by atoms with E-state index in [1.54, 1.807) is 0 Å². The summed E-state index contributed by atoms with van der Waals surface area (Å²) in [5.41, 5.74) is -0.000966. The lowest BCUT2D eigenvalue weighted by Gasteiger charge is -2.04. The van der Waals surface area contributed by atoms with Gasteiger partial charge in [-0.15, -0.1) is 0 Å². The Bertz CT molecular complexity index is 523. The molecule has 1 rings (SSSR count). The van der Waals surface area contributed by atoms with E-state index < -0.39 is 15.9 Å². The first kappa shape index (κ1) is 14.6. The van der Waals surface area contributed by atoms with Crippen molar-refractivity contribution in [1.29, 1.82) is 0 Å². The molecule has 0 saturated heterocycles. The number of carbonyl (C=O) groups excluding carboxylic acids is 1. The summed E-state index contributed by atoms with van der Waals surface area (Å²) < 4.78 is 27.7. The number of ether oxygens (including phenoxy) is 1. The van der Waals surface area contributed by atoms with E-state index in [0.717, 1.165) is 0 Å². The van der Waals surface area contributed by atoms with Crippen molar-refractivity contribution >= 4 is 15.9 Å². The van der Waals surface area contributed by atoms with E-state index in [9.17, 15) is 13.2 Å². The molecule has 102 valence electrons. The SMILES string of the molecule is CCOCCNC(=O)c1n[nH]c(C)c1S(N)(=O)=O. The Kier molecular flexibility index (Phi) is 4.82. The molecule has 0 saturated carbocycles. The van der Waals surface area contributed by atoms with Gasteiger partial charge in [-0.05, 0) is 13.8 Å². The lowest BCUT2D eigenvalue weighted by Crippen LogP contribution is -2.29. The van der Waals surface area contributed by atoms with Crippen molar-refractivity contribution in [1.82, 2.24) is 15.5 Å². The largest absolute Gasteiger partial charge is 0.380 e. The Hall–Kier alpha value is -1.45. The molecule has 0 spiro atoms. The molecule has 0 aromatic carbocycles. The van der Waals surface area contributed by atoms with E-state index >= 15 is 0 Å². The summed E-state index contributed by atoms with van der Waals surface area (Å²) in [5.74, 6) is -0.608. The minimum atomic E-state index is -3.99. The molecule has 0 atom stereocenters. The van der Waals surface area contributed by atoms with Gasteiger partial charge in [-0.25, -0.2) is 13.6 Å². The van der Waals surface area contributed by atoms with E-state index in [1.165, 1.54) is 6.92 Å². The number of nitrogens with zero attached hydrogens (tertiary/aromatic N) is 1. The van der Waals surface area contributed by atoms with Crippen LogP contribution in [0.5, 0.6) is 0 Å². The summed E-state index contributed by atoms with van der Waals surface area (Å²) in [6.07, 6.45) is 0. The predicted octanol–water partition coefficient (Wildman–Crippen LogP) is -0.868. The van der Waals surface area contributed by atoms with Crippen LogP contribution in [0.1, 0.15) is 23.1 Å². The van der Waals surface area contributed by atoms with Crippen LogP contribution >= 0.6 is 0 Å². The van der Waals surface area contributed by atoms with Crippen LogP contribution < -0.4 is 10.5 Å². The maximum atomic E-state index is 11.7. The number of sulfonamides is 1. The Morgan fingerprint density at radius 2 is 2.22 bits per heavy atom. The Morgan fingerprint density at radius 1 is 1.56 bits per heavy atom. The highest BCUT2D eigenvalue weighted by molar-refractivity contribution is 7.89. The van der Waals surface area contributed by atoms with Crippen LogP contribution in [0.4, 0.5) is 0 Å². The standard InChI is InChI=1S/C9H16N4O4S/c1-3-17-5-4-11-9(14)7-8(18(10,15)16)6(2)12-13-7/h3-5H2,1-2H3,(H,11,14)(H,12,13)(H2,10,15,16). The third-order valence-electron chi connectivity index (χ3n) is 2.13. The van der Waals surface area contributed by atoms with E-state index in [2.05, 4.69) is 15.5 Å². The zero-order chi connectivity index (χ0) is 13.8. The van der Waals surface area contributed by atoms with Crippen LogP contribution in [0, 0.1) is 6.92 Å². The summed E-state index contributed by atoms with van der Waals surface area (Å²) in [5, 5.41) is 13.6. The molecule has 1 amide bonds. The summed E-state index contributed by atoms with van der Waals surface area (Å²) in [4.78, 5) is 11.4. The van der Waals surface area contributed by atoms with Gasteiger partial charge in [-0.1, -0.05) is 0 Å². The van der Waals surface area contributed by atoms with E-state index in [-0.39, 0.29) is 22.8 Å². The third-order valence-corrected chi connectivity index (χ3v) is 3.20. The first-order valence-corrected chi connectivity index (χ1v) is 6.86. The first-order valence-electron chi connectivity index (χ1n) is 5.31. The average Bonchev–Trinajstić information content (AvgIpc) is 2.66. The number of amides is 1. The third kappa shape index (κ3) is 3.52. The zero-order valence-electron chi connectivity index (χ0n) is 10.2. The molecule has 0 aliphatic rings. The van der Waals surface area contributed by atoms with Crippen molar-refractivity contribution in [3.05, 3.63) is 11.4 Å². The number of primary sulfonamides is 1. The second-order valence-electron chi connectivity index (χ2n) is 3.52. The Morgan fingerprint density at radius 3 is 2.78 bits per heavy atom. The van der Waals surface area contributed by atoms with Crippen LogP contribution in [0.25, 0.3) is 0 Å². The molecule has 18 heavy (non-hydrogen) atoms. The normalized spacial score (nSPS) is 11.5. The molecule has 1 aromatic heterocycles. The highest BCUT2D eigenvalue weighted by Crippen LogP contribution is 2.15. The number of carbonyl (C=O) groups is 1. The lowest BCUT2D eigenvalue weighted by molar-refractivity contribution is 0.0914. The Labute approximate surface area is 105 Å². The van der Waals surface area contributed by atoms with Gasteiger partial charge in [0.15, 0.2) is 5.69 Å². The van der Waals surface area contributed by atoms with Gasteiger partial charge in [0.25, 0.3) is 5.91 Å². The molecule has 0 radical (unpaired) electrons. The van der Waals surface area contributed by atoms with Crippen molar-refractivity contribution in [2.45, 2.75) is 18.7 Å². The summed E-state index contributed by atoms with van der Waals surface area (Å²) in [7, 11) is -3.99. The van der Waals surface area contributed by atoms with E-state index in [0.29, 0.717) is 13.2 Å². The highest BCUT2D eigenvalue weighted by atomic mass is 32.2. The zero-order valence-corrected chi connectivity index (χ0v) is 11.0. The van der Waals surface area contributed by atoms with Gasteiger partial charge < -0.3 is 10.1 Å². The molecule has 1 aromatic rings. The van der Waals surface area contributed by atoms with Gasteiger partial charge in [0, 0.05) is 13.2 Å². The van der Waals surface area contributed by atoms with Crippen molar-refractivity contribution in [3.8, 4) is 0 Å².